The minimum atomic E-state index is 0. The Morgan fingerprint density at radius 1 is 1.38 bits per heavy atom. The van der Waals surface area contributed by atoms with Gasteiger partial charge in [-0.2, -0.15) is 5.10 Å². The number of nitrogens with one attached hydrogen (secondary N) is 1. The van der Waals surface area contributed by atoms with Crippen LogP contribution in [0.3, 0.4) is 0 Å². The van der Waals surface area contributed by atoms with Crippen LogP contribution in [0.2, 0.25) is 0 Å². The lowest BCUT2D eigenvalue weighted by atomic mass is 10.2. The normalized spacial score (nSPS) is 11.1. The quantitative estimate of drug-likeness (QED) is 0.344. The number of halogens is 1. The summed E-state index contributed by atoms with van der Waals surface area (Å²) in [7, 11) is 3.79. The zero-order valence-corrected chi connectivity index (χ0v) is 18.1. The summed E-state index contributed by atoms with van der Waals surface area (Å²) in [6.45, 7) is 3.39. The highest BCUT2D eigenvalue weighted by atomic mass is 127. The molecule has 3 aromatic heterocycles. The van der Waals surface area contributed by atoms with Gasteiger partial charge in [0.1, 0.15) is 0 Å². The summed E-state index contributed by atoms with van der Waals surface area (Å²) in [6.07, 6.45) is 5.41. The van der Waals surface area contributed by atoms with E-state index < -0.39 is 0 Å². The first-order valence-electron chi connectivity index (χ1n) is 7.93. The van der Waals surface area contributed by atoms with Crippen molar-refractivity contribution < 1.29 is 0 Å². The van der Waals surface area contributed by atoms with E-state index in [1.165, 1.54) is 0 Å². The molecule has 0 aliphatic carbocycles. The standard InChI is InChI=1S/C17H21N7S.HI/c1-13-22-15(12-25-13)11-23(3)17(18-2)20-10-14-5-7-19-16(9-14)24-8-4-6-21-24;/h4-9,12H,10-11H2,1-3H3,(H,18,20);1H. The molecule has 0 radical (unpaired) electrons. The van der Waals surface area contributed by atoms with Crippen LogP contribution in [-0.2, 0) is 13.1 Å². The van der Waals surface area contributed by atoms with E-state index in [2.05, 4.69) is 35.7 Å². The van der Waals surface area contributed by atoms with Gasteiger partial charge in [0.15, 0.2) is 11.8 Å². The van der Waals surface area contributed by atoms with Crippen molar-refractivity contribution in [1.29, 1.82) is 0 Å². The van der Waals surface area contributed by atoms with Gasteiger partial charge in [-0.05, 0) is 30.7 Å². The van der Waals surface area contributed by atoms with E-state index in [1.807, 2.05) is 38.4 Å². The minimum absolute atomic E-state index is 0. The van der Waals surface area contributed by atoms with Crippen LogP contribution in [0.5, 0.6) is 0 Å². The highest BCUT2D eigenvalue weighted by Gasteiger charge is 2.09. The minimum Gasteiger partial charge on any atom is -0.352 e. The molecular formula is C17H22IN7S. The summed E-state index contributed by atoms with van der Waals surface area (Å²) < 4.78 is 1.75. The average molecular weight is 483 g/mol. The first-order chi connectivity index (χ1) is 12.2. The average Bonchev–Trinajstić information content (AvgIpc) is 3.28. The largest absolute Gasteiger partial charge is 0.352 e. The van der Waals surface area contributed by atoms with Crippen LogP contribution in [0.1, 0.15) is 16.3 Å². The van der Waals surface area contributed by atoms with Crippen LogP contribution >= 0.6 is 35.3 Å². The fourth-order valence-electron chi connectivity index (χ4n) is 2.46. The van der Waals surface area contributed by atoms with Gasteiger partial charge in [-0.15, -0.1) is 35.3 Å². The predicted molar refractivity (Wildman–Crippen MR) is 115 cm³/mol. The van der Waals surface area contributed by atoms with E-state index >= 15 is 0 Å². The third kappa shape index (κ3) is 5.24. The van der Waals surface area contributed by atoms with Crippen molar-refractivity contribution in [2.24, 2.45) is 4.99 Å². The van der Waals surface area contributed by atoms with Gasteiger partial charge < -0.3 is 10.2 Å². The maximum atomic E-state index is 4.50. The van der Waals surface area contributed by atoms with E-state index in [0.29, 0.717) is 6.54 Å². The van der Waals surface area contributed by atoms with Crippen LogP contribution < -0.4 is 5.32 Å². The molecule has 138 valence electrons. The van der Waals surface area contributed by atoms with Crippen LogP contribution in [0.15, 0.2) is 47.2 Å². The summed E-state index contributed by atoms with van der Waals surface area (Å²) in [6, 6.07) is 5.87. The molecule has 3 aromatic rings. The third-order valence-corrected chi connectivity index (χ3v) is 4.46. The second-order valence-corrected chi connectivity index (χ2v) is 6.65. The molecule has 0 aliphatic heterocycles. The molecule has 0 aliphatic rings. The van der Waals surface area contributed by atoms with Gasteiger partial charge in [0.25, 0.3) is 0 Å². The first-order valence-corrected chi connectivity index (χ1v) is 8.81. The van der Waals surface area contributed by atoms with Crippen LogP contribution in [0, 0.1) is 6.92 Å². The Hall–Kier alpha value is -2.01. The van der Waals surface area contributed by atoms with Gasteiger partial charge in [0, 0.05) is 44.6 Å². The Labute approximate surface area is 174 Å². The van der Waals surface area contributed by atoms with E-state index in [1.54, 1.807) is 35.5 Å². The van der Waals surface area contributed by atoms with Crippen molar-refractivity contribution >= 4 is 41.3 Å². The van der Waals surface area contributed by atoms with Gasteiger partial charge >= 0.3 is 0 Å². The van der Waals surface area contributed by atoms with Crippen LogP contribution in [0.25, 0.3) is 5.82 Å². The topological polar surface area (TPSA) is 71.2 Å². The summed E-state index contributed by atoms with van der Waals surface area (Å²) in [5, 5.41) is 10.8. The van der Waals surface area contributed by atoms with Gasteiger partial charge in [0.05, 0.1) is 17.2 Å². The molecule has 26 heavy (non-hydrogen) atoms. The lowest BCUT2D eigenvalue weighted by Crippen LogP contribution is -2.38. The highest BCUT2D eigenvalue weighted by Crippen LogP contribution is 2.10. The molecule has 0 atom stereocenters. The fraction of sp³-hybridized carbons (Fsp3) is 0.294. The highest BCUT2D eigenvalue weighted by molar-refractivity contribution is 14.0. The molecule has 0 saturated carbocycles. The van der Waals surface area contributed by atoms with E-state index in [0.717, 1.165) is 34.6 Å². The zero-order valence-electron chi connectivity index (χ0n) is 15.0. The Kier molecular flexibility index (Phi) is 7.51. The molecule has 0 amide bonds. The lowest BCUT2D eigenvalue weighted by Gasteiger charge is -2.21. The number of hydrogen-bond donors (Lipinski definition) is 1. The Morgan fingerprint density at radius 3 is 2.88 bits per heavy atom. The molecule has 3 rings (SSSR count). The number of aliphatic imine (C=N–C) groups is 1. The van der Waals surface area contributed by atoms with E-state index in [4.69, 9.17) is 0 Å². The van der Waals surface area contributed by atoms with Crippen molar-refractivity contribution in [2.75, 3.05) is 14.1 Å². The molecule has 3 heterocycles. The molecule has 0 fully saturated rings. The third-order valence-electron chi connectivity index (χ3n) is 3.64. The van der Waals surface area contributed by atoms with Gasteiger partial charge in [-0.1, -0.05) is 0 Å². The number of nitrogens with zero attached hydrogens (tertiary/aromatic N) is 6. The Bertz CT molecular complexity index is 844. The molecular weight excluding hydrogens is 461 g/mol. The lowest BCUT2D eigenvalue weighted by molar-refractivity contribution is 0.470. The fourth-order valence-corrected chi connectivity index (χ4v) is 3.07. The zero-order chi connectivity index (χ0) is 17.6. The van der Waals surface area contributed by atoms with Crippen molar-refractivity contribution in [3.63, 3.8) is 0 Å². The number of pyridine rings is 1. The van der Waals surface area contributed by atoms with Crippen molar-refractivity contribution in [1.82, 2.24) is 30.0 Å². The van der Waals surface area contributed by atoms with E-state index in [-0.39, 0.29) is 24.0 Å². The monoisotopic (exact) mass is 483 g/mol. The number of hydrogen-bond acceptors (Lipinski definition) is 5. The Morgan fingerprint density at radius 2 is 2.23 bits per heavy atom. The smallest absolute Gasteiger partial charge is 0.194 e. The molecule has 9 heteroatoms. The number of guanidine groups is 1. The molecule has 1 N–H and O–H groups in total. The summed E-state index contributed by atoms with van der Waals surface area (Å²) >= 11 is 1.66. The first kappa shape index (κ1) is 20.3. The number of rotatable bonds is 5. The van der Waals surface area contributed by atoms with E-state index in [9.17, 15) is 0 Å². The van der Waals surface area contributed by atoms with Gasteiger partial charge in [-0.3, -0.25) is 4.99 Å². The van der Waals surface area contributed by atoms with Gasteiger partial charge in [-0.25, -0.2) is 14.6 Å². The second kappa shape index (κ2) is 9.62. The maximum absolute atomic E-state index is 4.50. The number of aromatic nitrogens is 4. The molecule has 0 aromatic carbocycles. The van der Waals surface area contributed by atoms with Crippen molar-refractivity contribution in [2.45, 2.75) is 20.0 Å². The van der Waals surface area contributed by atoms with Crippen molar-refractivity contribution in [3.8, 4) is 5.82 Å². The molecule has 0 spiro atoms. The second-order valence-electron chi connectivity index (χ2n) is 5.59. The number of thiazole rings is 1. The summed E-state index contributed by atoms with van der Waals surface area (Å²) in [4.78, 5) is 15.3. The SMILES string of the molecule is CN=C(NCc1ccnc(-n2cccn2)c1)N(C)Cc1csc(C)n1.I. The number of aryl methyl sites for hydroxylation is 1. The summed E-state index contributed by atoms with van der Waals surface area (Å²) in [5.74, 6) is 1.62. The van der Waals surface area contributed by atoms with Gasteiger partial charge in [0.2, 0.25) is 0 Å². The predicted octanol–water partition coefficient (Wildman–Crippen LogP) is 2.86. The van der Waals surface area contributed by atoms with Crippen molar-refractivity contribution in [3.05, 3.63) is 58.4 Å². The molecule has 0 saturated heterocycles. The maximum Gasteiger partial charge on any atom is 0.194 e. The van der Waals surface area contributed by atoms with Crippen LogP contribution in [0.4, 0.5) is 0 Å². The molecule has 0 unspecified atom stereocenters. The Balaban J connectivity index is 0.00000243. The van der Waals surface area contributed by atoms with Crippen LogP contribution in [-0.4, -0.2) is 44.7 Å². The molecule has 0 bridgehead atoms. The molecule has 7 nitrogen and oxygen atoms in total. The summed E-state index contributed by atoms with van der Waals surface area (Å²) in [5.41, 5.74) is 2.16.